The summed E-state index contributed by atoms with van der Waals surface area (Å²) in [5, 5.41) is 8.87. The molecule has 0 spiro atoms. The van der Waals surface area contributed by atoms with E-state index in [9.17, 15) is 19.2 Å². The maximum absolute atomic E-state index is 13.2. The summed E-state index contributed by atoms with van der Waals surface area (Å²) in [4.78, 5) is 51.8. The first-order valence-corrected chi connectivity index (χ1v) is 10.3. The molecule has 32 heavy (non-hydrogen) atoms. The molecule has 0 aliphatic carbocycles. The number of aliphatic carboxylic acids is 1. The molecule has 2 aromatic rings. The third-order valence-corrected chi connectivity index (χ3v) is 5.04. The quantitative estimate of drug-likeness (QED) is 0.478. The van der Waals surface area contributed by atoms with E-state index in [1.807, 2.05) is 37.3 Å². The van der Waals surface area contributed by atoms with Crippen LogP contribution in [0.1, 0.15) is 18.9 Å². The highest BCUT2D eigenvalue weighted by Gasteiger charge is 2.43. The van der Waals surface area contributed by atoms with Crippen LogP contribution in [0, 0.1) is 0 Å². The fraction of sp³-hybridized carbons (Fsp3) is 0.250. The molecule has 0 saturated carbocycles. The van der Waals surface area contributed by atoms with Crippen LogP contribution in [-0.4, -0.2) is 52.9 Å². The number of carboxylic acid groups (broad SMARTS) is 1. The van der Waals surface area contributed by atoms with E-state index in [2.05, 4.69) is 0 Å². The monoisotopic (exact) mass is 436 g/mol. The van der Waals surface area contributed by atoms with Crippen molar-refractivity contribution in [3.8, 4) is 5.75 Å². The second kappa shape index (κ2) is 10.4. The van der Waals surface area contributed by atoms with Gasteiger partial charge in [0.1, 0.15) is 11.8 Å². The summed E-state index contributed by atoms with van der Waals surface area (Å²) >= 11 is 0. The Labute approximate surface area is 185 Å². The number of carbonyl (C=O) groups excluding carboxylic acids is 3. The van der Waals surface area contributed by atoms with Gasteiger partial charge in [0.25, 0.3) is 5.91 Å². The fourth-order valence-corrected chi connectivity index (χ4v) is 3.54. The van der Waals surface area contributed by atoms with Gasteiger partial charge in [0.2, 0.25) is 11.8 Å². The Hall–Kier alpha value is -3.94. The first-order valence-electron chi connectivity index (χ1n) is 10.3. The summed E-state index contributed by atoms with van der Waals surface area (Å²) in [6.45, 7) is 2.50. The third-order valence-electron chi connectivity index (χ3n) is 5.04. The summed E-state index contributed by atoms with van der Waals surface area (Å²) in [6, 6.07) is 14.9. The molecule has 1 atom stereocenters. The molecule has 1 fully saturated rings. The molecule has 0 aromatic heterocycles. The van der Waals surface area contributed by atoms with Crippen LogP contribution in [0.15, 0.2) is 66.7 Å². The van der Waals surface area contributed by atoms with Gasteiger partial charge in [0.05, 0.1) is 18.7 Å². The standard InChI is InChI=1S/C24H24N2O6/c1-2-32-19-10-8-18(9-11-19)26-22(28)16-20(24(26)31)25(21(27)12-13-23(29)30)15-14-17-6-4-3-5-7-17/h3-13,20H,2,14-16H2,1H3,(H,29,30). The van der Waals surface area contributed by atoms with Crippen molar-refractivity contribution in [2.24, 2.45) is 0 Å². The second-order valence-corrected chi connectivity index (χ2v) is 7.15. The number of amides is 3. The van der Waals surface area contributed by atoms with Gasteiger partial charge >= 0.3 is 5.97 Å². The van der Waals surface area contributed by atoms with Crippen LogP contribution < -0.4 is 9.64 Å². The van der Waals surface area contributed by atoms with Crippen LogP contribution in [0.25, 0.3) is 0 Å². The molecule has 1 heterocycles. The molecular weight excluding hydrogens is 412 g/mol. The topological polar surface area (TPSA) is 104 Å². The number of benzene rings is 2. The maximum Gasteiger partial charge on any atom is 0.328 e. The first-order chi connectivity index (χ1) is 15.4. The van der Waals surface area contributed by atoms with Crippen LogP contribution in [0.3, 0.4) is 0 Å². The van der Waals surface area contributed by atoms with Crippen molar-refractivity contribution in [3.05, 3.63) is 72.3 Å². The first kappa shape index (κ1) is 22.7. The average Bonchev–Trinajstić information content (AvgIpc) is 3.07. The number of hydrogen-bond acceptors (Lipinski definition) is 5. The molecular formula is C24H24N2O6. The molecule has 0 radical (unpaired) electrons. The third kappa shape index (κ3) is 5.40. The lowest BCUT2D eigenvalue weighted by Gasteiger charge is -2.26. The van der Waals surface area contributed by atoms with E-state index in [0.29, 0.717) is 24.5 Å². The van der Waals surface area contributed by atoms with E-state index in [1.54, 1.807) is 24.3 Å². The largest absolute Gasteiger partial charge is 0.494 e. The number of hydrogen-bond donors (Lipinski definition) is 1. The Kier molecular flexibility index (Phi) is 7.38. The Morgan fingerprint density at radius 3 is 2.41 bits per heavy atom. The smallest absolute Gasteiger partial charge is 0.328 e. The minimum Gasteiger partial charge on any atom is -0.494 e. The summed E-state index contributed by atoms with van der Waals surface area (Å²) < 4.78 is 5.39. The molecule has 0 bridgehead atoms. The van der Waals surface area contributed by atoms with Crippen molar-refractivity contribution in [2.45, 2.75) is 25.8 Å². The normalized spacial score (nSPS) is 15.9. The maximum atomic E-state index is 13.2. The van der Waals surface area contributed by atoms with Gasteiger partial charge in [-0.1, -0.05) is 30.3 Å². The van der Waals surface area contributed by atoms with Crippen molar-refractivity contribution < 1.29 is 29.0 Å². The molecule has 1 aliphatic heterocycles. The van der Waals surface area contributed by atoms with Crippen molar-refractivity contribution >= 4 is 29.4 Å². The van der Waals surface area contributed by atoms with Crippen molar-refractivity contribution in [3.63, 3.8) is 0 Å². The van der Waals surface area contributed by atoms with Crippen molar-refractivity contribution in [1.82, 2.24) is 4.90 Å². The van der Waals surface area contributed by atoms with Gasteiger partial charge in [-0.3, -0.25) is 14.4 Å². The Morgan fingerprint density at radius 1 is 1.09 bits per heavy atom. The lowest BCUT2D eigenvalue weighted by Crippen LogP contribution is -2.45. The number of ether oxygens (including phenoxy) is 1. The Bertz CT molecular complexity index is 1020. The van der Waals surface area contributed by atoms with E-state index >= 15 is 0 Å². The molecule has 1 saturated heterocycles. The van der Waals surface area contributed by atoms with E-state index < -0.39 is 29.7 Å². The van der Waals surface area contributed by atoms with E-state index in [0.717, 1.165) is 22.6 Å². The Balaban J connectivity index is 1.83. The van der Waals surface area contributed by atoms with Gasteiger partial charge in [-0.2, -0.15) is 0 Å². The molecule has 1 unspecified atom stereocenters. The SMILES string of the molecule is CCOc1ccc(N2C(=O)CC(N(CCc3ccccc3)C(=O)C=CC(=O)O)C2=O)cc1. The molecule has 1 N–H and O–H groups in total. The molecule has 166 valence electrons. The van der Waals surface area contributed by atoms with Crippen LogP contribution in [0.5, 0.6) is 5.75 Å². The van der Waals surface area contributed by atoms with Crippen LogP contribution in [-0.2, 0) is 25.6 Å². The van der Waals surface area contributed by atoms with Gasteiger partial charge in [-0.25, -0.2) is 9.69 Å². The van der Waals surface area contributed by atoms with Crippen LogP contribution in [0.2, 0.25) is 0 Å². The Morgan fingerprint density at radius 2 is 1.78 bits per heavy atom. The van der Waals surface area contributed by atoms with Gasteiger partial charge in [-0.15, -0.1) is 0 Å². The molecule has 1 aliphatic rings. The van der Waals surface area contributed by atoms with E-state index in [-0.39, 0.29) is 13.0 Å². The predicted octanol–water partition coefficient (Wildman–Crippen LogP) is 2.43. The number of nitrogens with zero attached hydrogens (tertiary/aromatic N) is 2. The zero-order chi connectivity index (χ0) is 23.1. The fourth-order valence-electron chi connectivity index (χ4n) is 3.54. The zero-order valence-electron chi connectivity index (χ0n) is 17.6. The number of carboxylic acids is 1. The minimum atomic E-state index is -1.27. The van der Waals surface area contributed by atoms with E-state index in [4.69, 9.17) is 9.84 Å². The molecule has 8 nitrogen and oxygen atoms in total. The van der Waals surface area contributed by atoms with Gasteiger partial charge in [-0.05, 0) is 43.2 Å². The van der Waals surface area contributed by atoms with Crippen LogP contribution in [0.4, 0.5) is 5.69 Å². The highest BCUT2D eigenvalue weighted by Crippen LogP contribution is 2.28. The number of rotatable bonds is 9. The average molecular weight is 436 g/mol. The summed E-state index contributed by atoms with van der Waals surface area (Å²) in [5.41, 5.74) is 1.34. The molecule has 2 aromatic carbocycles. The van der Waals surface area contributed by atoms with Gasteiger partial charge in [0.15, 0.2) is 0 Å². The number of imide groups is 1. The van der Waals surface area contributed by atoms with Crippen LogP contribution >= 0.6 is 0 Å². The highest BCUT2D eigenvalue weighted by molar-refractivity contribution is 6.23. The lowest BCUT2D eigenvalue weighted by atomic mass is 10.1. The summed E-state index contributed by atoms with van der Waals surface area (Å²) in [7, 11) is 0. The van der Waals surface area contributed by atoms with Crippen molar-refractivity contribution in [1.29, 1.82) is 0 Å². The molecule has 3 amide bonds. The molecule has 3 rings (SSSR count). The second-order valence-electron chi connectivity index (χ2n) is 7.15. The van der Waals surface area contributed by atoms with Crippen molar-refractivity contribution in [2.75, 3.05) is 18.1 Å². The number of carbonyl (C=O) groups is 4. The summed E-state index contributed by atoms with van der Waals surface area (Å²) in [6.07, 6.45) is 1.91. The number of anilines is 1. The molecule has 8 heteroatoms. The minimum absolute atomic E-state index is 0.160. The van der Waals surface area contributed by atoms with Gasteiger partial charge < -0.3 is 14.7 Å². The lowest BCUT2D eigenvalue weighted by molar-refractivity contribution is -0.135. The van der Waals surface area contributed by atoms with Gasteiger partial charge in [0, 0.05) is 18.7 Å². The van der Waals surface area contributed by atoms with E-state index in [1.165, 1.54) is 4.90 Å². The predicted molar refractivity (Wildman–Crippen MR) is 117 cm³/mol. The zero-order valence-corrected chi connectivity index (χ0v) is 17.6. The highest BCUT2D eigenvalue weighted by atomic mass is 16.5. The summed E-state index contributed by atoms with van der Waals surface area (Å²) in [5.74, 6) is -2.24.